The topological polar surface area (TPSA) is 142 Å². The molecule has 1 spiro atoms. The first-order valence-corrected chi connectivity index (χ1v) is 10.1. The Balaban J connectivity index is 1.73. The number of carbonyl (C=O) groups excluding carboxylic acids is 2. The van der Waals surface area contributed by atoms with Gasteiger partial charge >= 0.3 is 5.97 Å². The molecule has 158 valence electrons. The molecule has 2 aliphatic heterocycles. The molecule has 0 aromatic heterocycles. The molecule has 2 saturated heterocycles. The number of nitrogens with zero attached hydrogens (tertiary/aromatic N) is 3. The SMILES string of the molecule is CC(CCC(=O)N1CCC2(CCN(C(=O)CCN=C(N)N)CC2)CC1)C(=O)O. The van der Waals surface area contributed by atoms with Crippen molar-refractivity contribution in [3.05, 3.63) is 0 Å². The van der Waals surface area contributed by atoms with Gasteiger partial charge < -0.3 is 26.4 Å². The number of guanidine groups is 1. The van der Waals surface area contributed by atoms with E-state index in [9.17, 15) is 14.4 Å². The van der Waals surface area contributed by atoms with Crippen molar-refractivity contribution >= 4 is 23.7 Å². The molecule has 5 N–H and O–H groups in total. The maximum Gasteiger partial charge on any atom is 0.306 e. The molecule has 0 saturated carbocycles. The summed E-state index contributed by atoms with van der Waals surface area (Å²) >= 11 is 0. The summed E-state index contributed by atoms with van der Waals surface area (Å²) in [6.45, 7) is 4.88. The van der Waals surface area contributed by atoms with Gasteiger partial charge in [-0.15, -0.1) is 0 Å². The van der Waals surface area contributed by atoms with Crippen LogP contribution in [0, 0.1) is 11.3 Å². The van der Waals surface area contributed by atoms with Crippen molar-refractivity contribution < 1.29 is 19.5 Å². The standard InChI is InChI=1S/C19H33N5O4/c1-14(17(27)28)2-3-15(25)23-10-5-19(6-11-23)7-12-24(13-8-19)16(26)4-9-22-18(20)21/h14H,2-13H2,1H3,(H,27,28)(H4,20,21,22). The highest BCUT2D eigenvalue weighted by atomic mass is 16.4. The zero-order chi connectivity index (χ0) is 20.7. The van der Waals surface area contributed by atoms with E-state index in [2.05, 4.69) is 4.99 Å². The number of carbonyl (C=O) groups is 3. The van der Waals surface area contributed by atoms with Crippen LogP contribution in [0.15, 0.2) is 4.99 Å². The minimum absolute atomic E-state index is 0.00382. The summed E-state index contributed by atoms with van der Waals surface area (Å²) in [4.78, 5) is 43.1. The number of carboxylic acids is 1. The fourth-order valence-corrected chi connectivity index (χ4v) is 4.02. The molecule has 0 aliphatic carbocycles. The number of amides is 2. The van der Waals surface area contributed by atoms with Crippen LogP contribution in [0.1, 0.15) is 51.9 Å². The number of hydrogen-bond acceptors (Lipinski definition) is 4. The van der Waals surface area contributed by atoms with Crippen LogP contribution in [0.4, 0.5) is 0 Å². The van der Waals surface area contributed by atoms with Gasteiger partial charge in [0.05, 0.1) is 12.5 Å². The quantitative estimate of drug-likeness (QED) is 0.420. The molecule has 9 nitrogen and oxygen atoms in total. The molecule has 0 bridgehead atoms. The van der Waals surface area contributed by atoms with Gasteiger partial charge in [-0.05, 0) is 37.5 Å². The summed E-state index contributed by atoms with van der Waals surface area (Å²) in [6.07, 6.45) is 4.80. The van der Waals surface area contributed by atoms with Gasteiger partial charge in [-0.2, -0.15) is 0 Å². The Bertz CT molecular complexity index is 599. The summed E-state index contributed by atoms with van der Waals surface area (Å²) in [6, 6.07) is 0. The number of likely N-dealkylation sites (tertiary alicyclic amines) is 2. The number of rotatable bonds is 7. The van der Waals surface area contributed by atoms with E-state index in [1.165, 1.54) is 0 Å². The number of aliphatic carboxylic acids is 1. The third-order valence-corrected chi connectivity index (χ3v) is 6.19. The average molecular weight is 396 g/mol. The maximum atomic E-state index is 12.3. The third-order valence-electron chi connectivity index (χ3n) is 6.19. The van der Waals surface area contributed by atoms with E-state index in [-0.39, 0.29) is 23.2 Å². The third kappa shape index (κ3) is 6.10. The lowest BCUT2D eigenvalue weighted by Gasteiger charge is -2.47. The Hall–Kier alpha value is -2.32. The van der Waals surface area contributed by atoms with E-state index < -0.39 is 11.9 Å². The van der Waals surface area contributed by atoms with Crippen molar-refractivity contribution in [2.45, 2.75) is 51.9 Å². The molecule has 2 heterocycles. The summed E-state index contributed by atoms with van der Waals surface area (Å²) in [5.74, 6) is -1.21. The minimum atomic E-state index is -0.856. The minimum Gasteiger partial charge on any atom is -0.481 e. The molecule has 2 fully saturated rings. The normalized spacial score (nSPS) is 19.9. The number of piperidine rings is 2. The Morgan fingerprint density at radius 1 is 0.964 bits per heavy atom. The van der Waals surface area contributed by atoms with Gasteiger partial charge in [-0.1, -0.05) is 6.92 Å². The average Bonchev–Trinajstić information content (AvgIpc) is 2.66. The van der Waals surface area contributed by atoms with Gasteiger partial charge in [-0.3, -0.25) is 19.4 Å². The van der Waals surface area contributed by atoms with Crippen LogP contribution < -0.4 is 11.5 Å². The van der Waals surface area contributed by atoms with Crippen LogP contribution in [-0.4, -0.2) is 71.4 Å². The lowest BCUT2D eigenvalue weighted by molar-refractivity contribution is -0.141. The molecule has 2 aliphatic rings. The van der Waals surface area contributed by atoms with Crippen LogP contribution in [0.2, 0.25) is 0 Å². The zero-order valence-corrected chi connectivity index (χ0v) is 16.7. The first-order chi connectivity index (χ1) is 13.2. The molecule has 9 heteroatoms. The van der Waals surface area contributed by atoms with Crippen molar-refractivity contribution in [3.8, 4) is 0 Å². The highest BCUT2D eigenvalue weighted by molar-refractivity contribution is 5.79. The Morgan fingerprint density at radius 2 is 1.43 bits per heavy atom. The van der Waals surface area contributed by atoms with Gasteiger partial charge in [0.25, 0.3) is 0 Å². The van der Waals surface area contributed by atoms with Gasteiger partial charge in [0, 0.05) is 39.0 Å². The van der Waals surface area contributed by atoms with Crippen LogP contribution in [0.5, 0.6) is 0 Å². The van der Waals surface area contributed by atoms with Crippen molar-refractivity contribution in [2.75, 3.05) is 32.7 Å². The number of hydrogen-bond donors (Lipinski definition) is 3. The summed E-state index contributed by atoms with van der Waals surface area (Å²) in [7, 11) is 0. The monoisotopic (exact) mass is 395 g/mol. The summed E-state index contributed by atoms with van der Waals surface area (Å²) in [5, 5.41) is 8.93. The Morgan fingerprint density at radius 3 is 1.86 bits per heavy atom. The lowest BCUT2D eigenvalue weighted by Crippen LogP contribution is -2.49. The molecule has 0 aromatic rings. The number of aliphatic imine (C=N–C) groups is 1. The summed E-state index contributed by atoms with van der Waals surface area (Å²) < 4.78 is 0. The zero-order valence-electron chi connectivity index (χ0n) is 16.7. The van der Waals surface area contributed by atoms with E-state index in [4.69, 9.17) is 16.6 Å². The van der Waals surface area contributed by atoms with Crippen molar-refractivity contribution in [1.82, 2.24) is 9.80 Å². The molecular formula is C19H33N5O4. The largest absolute Gasteiger partial charge is 0.481 e. The van der Waals surface area contributed by atoms with Gasteiger partial charge in [0.2, 0.25) is 11.8 Å². The van der Waals surface area contributed by atoms with E-state index >= 15 is 0 Å². The van der Waals surface area contributed by atoms with Crippen LogP contribution >= 0.6 is 0 Å². The molecule has 2 rings (SSSR count). The van der Waals surface area contributed by atoms with E-state index in [1.807, 2.05) is 9.80 Å². The second kappa shape index (κ2) is 9.75. The smallest absolute Gasteiger partial charge is 0.306 e. The molecule has 0 radical (unpaired) electrons. The highest BCUT2D eigenvalue weighted by Gasteiger charge is 2.39. The number of nitrogens with two attached hydrogens (primary N) is 2. The predicted octanol–water partition coefficient (Wildman–Crippen LogP) is 0.382. The van der Waals surface area contributed by atoms with Crippen LogP contribution in [0.25, 0.3) is 0 Å². The maximum absolute atomic E-state index is 12.3. The fraction of sp³-hybridized carbons (Fsp3) is 0.789. The van der Waals surface area contributed by atoms with Crippen LogP contribution in [-0.2, 0) is 14.4 Å². The van der Waals surface area contributed by atoms with E-state index in [0.717, 1.165) is 51.9 Å². The van der Waals surface area contributed by atoms with E-state index in [1.54, 1.807) is 6.92 Å². The Kier molecular flexibility index (Phi) is 7.65. The summed E-state index contributed by atoms with van der Waals surface area (Å²) in [5.41, 5.74) is 10.8. The first-order valence-electron chi connectivity index (χ1n) is 10.1. The van der Waals surface area contributed by atoms with E-state index in [0.29, 0.717) is 25.8 Å². The second-order valence-electron chi connectivity index (χ2n) is 8.10. The lowest BCUT2D eigenvalue weighted by atomic mass is 9.71. The Labute approximate surface area is 166 Å². The second-order valence-corrected chi connectivity index (χ2v) is 8.10. The van der Waals surface area contributed by atoms with Gasteiger partial charge in [0.1, 0.15) is 0 Å². The van der Waals surface area contributed by atoms with Crippen molar-refractivity contribution in [1.29, 1.82) is 0 Å². The molecule has 0 aromatic carbocycles. The molecule has 28 heavy (non-hydrogen) atoms. The van der Waals surface area contributed by atoms with Gasteiger partial charge in [-0.25, -0.2) is 0 Å². The number of carboxylic acid groups (broad SMARTS) is 1. The van der Waals surface area contributed by atoms with Crippen LogP contribution in [0.3, 0.4) is 0 Å². The first kappa shape index (κ1) is 22.0. The van der Waals surface area contributed by atoms with Crippen molar-refractivity contribution in [2.24, 2.45) is 27.8 Å². The predicted molar refractivity (Wildman–Crippen MR) is 105 cm³/mol. The highest BCUT2D eigenvalue weighted by Crippen LogP contribution is 2.41. The molecule has 1 unspecified atom stereocenters. The van der Waals surface area contributed by atoms with Crippen molar-refractivity contribution in [3.63, 3.8) is 0 Å². The van der Waals surface area contributed by atoms with Gasteiger partial charge in [0.15, 0.2) is 5.96 Å². The molecule has 2 amide bonds. The molecular weight excluding hydrogens is 362 g/mol. The fourth-order valence-electron chi connectivity index (χ4n) is 4.02. The molecule has 1 atom stereocenters.